The second kappa shape index (κ2) is 5.00. The molecule has 3 aromatic rings. The van der Waals surface area contributed by atoms with E-state index < -0.39 is 0 Å². The van der Waals surface area contributed by atoms with Crippen molar-refractivity contribution in [2.45, 2.75) is 13.7 Å². The maximum Gasteiger partial charge on any atom is 0.195 e. The maximum atomic E-state index is 11.1. The Balaban J connectivity index is 1.98. The number of nitrogens with zero attached hydrogens (tertiary/aromatic N) is 4. The summed E-state index contributed by atoms with van der Waals surface area (Å²) >= 11 is 5.94. The van der Waals surface area contributed by atoms with Crippen LogP contribution in [0.4, 0.5) is 0 Å². The first kappa shape index (κ1) is 12.2. The van der Waals surface area contributed by atoms with Gasteiger partial charge < -0.3 is 0 Å². The van der Waals surface area contributed by atoms with Crippen LogP contribution >= 0.6 is 46.2 Å². The van der Waals surface area contributed by atoms with E-state index in [1.54, 1.807) is 16.2 Å². The van der Waals surface area contributed by atoms with Gasteiger partial charge in [0.2, 0.25) is 0 Å². The van der Waals surface area contributed by atoms with E-state index >= 15 is 0 Å². The average molecular weight is 314 g/mol. The van der Waals surface area contributed by atoms with Crippen molar-refractivity contribution in [2.75, 3.05) is 6.26 Å². The predicted molar refractivity (Wildman–Crippen MR) is 74.3 cm³/mol. The number of aromatic nitrogens is 4. The first-order chi connectivity index (χ1) is 8.81. The van der Waals surface area contributed by atoms with Gasteiger partial charge >= 0.3 is 0 Å². The fourth-order valence-electron chi connectivity index (χ4n) is 1.37. The second-order valence-electron chi connectivity index (χ2n) is 3.12. The molecule has 0 saturated heterocycles. The number of carbonyl (C=O) groups is 1. The summed E-state index contributed by atoms with van der Waals surface area (Å²) in [5.41, 5.74) is 0.567. The van der Waals surface area contributed by atoms with E-state index in [-0.39, 0.29) is 0 Å². The van der Waals surface area contributed by atoms with Crippen LogP contribution in [0.15, 0.2) is 25.3 Å². The van der Waals surface area contributed by atoms with E-state index in [9.17, 15) is 4.79 Å². The van der Waals surface area contributed by atoms with Gasteiger partial charge in [0.25, 0.3) is 0 Å². The Morgan fingerprint density at radius 3 is 2.94 bits per heavy atom. The molecule has 9 heteroatoms. The van der Waals surface area contributed by atoms with Crippen molar-refractivity contribution in [1.29, 1.82) is 0 Å². The van der Waals surface area contributed by atoms with Crippen molar-refractivity contribution in [3.63, 3.8) is 0 Å². The van der Waals surface area contributed by atoms with Crippen LogP contribution in [-0.2, 0) is 0 Å². The van der Waals surface area contributed by atoms with Crippen molar-refractivity contribution in [1.82, 2.24) is 19.6 Å². The Bertz CT molecular complexity index is 700. The minimum absolute atomic E-state index is 0.567. The standard InChI is InChI=1S/C9H6N4OS4/c1-15-8-11-12-9(18-8)17-6-5(4-14)13-2-3-16-7(13)10-6/h2-4H,1H3. The SMILES string of the molecule is CSc1nnc(Sc2nc3sccn3c2C=O)s1. The van der Waals surface area contributed by atoms with Gasteiger partial charge in [0.1, 0.15) is 10.7 Å². The Kier molecular flexibility index (Phi) is 3.37. The number of fused-ring (bicyclic) bond motifs is 1. The monoisotopic (exact) mass is 314 g/mol. The number of hydrogen-bond acceptors (Lipinski definition) is 8. The lowest BCUT2D eigenvalue weighted by molar-refractivity contribution is 0.111. The molecule has 0 spiro atoms. The number of aldehydes is 1. The summed E-state index contributed by atoms with van der Waals surface area (Å²) in [5, 5.41) is 10.7. The van der Waals surface area contributed by atoms with Crippen molar-refractivity contribution in [3.8, 4) is 0 Å². The summed E-state index contributed by atoms with van der Waals surface area (Å²) in [6, 6.07) is 0. The van der Waals surface area contributed by atoms with Crippen LogP contribution < -0.4 is 0 Å². The molecule has 0 N–H and O–H groups in total. The van der Waals surface area contributed by atoms with Gasteiger partial charge in [0.05, 0.1) is 0 Å². The quantitative estimate of drug-likeness (QED) is 0.545. The Labute approximate surface area is 119 Å². The van der Waals surface area contributed by atoms with Crippen molar-refractivity contribution < 1.29 is 4.79 Å². The zero-order valence-corrected chi connectivity index (χ0v) is 12.3. The number of thioether (sulfide) groups is 1. The van der Waals surface area contributed by atoms with Crippen LogP contribution in [0, 0.1) is 0 Å². The molecular weight excluding hydrogens is 308 g/mol. The van der Waals surface area contributed by atoms with Crippen molar-refractivity contribution in [3.05, 3.63) is 17.3 Å². The minimum atomic E-state index is 0.567. The molecule has 0 saturated carbocycles. The molecule has 0 aliphatic carbocycles. The number of carbonyl (C=O) groups excluding carboxylic acids is 1. The first-order valence-electron chi connectivity index (χ1n) is 4.78. The third-order valence-corrected chi connectivity index (χ3v) is 5.82. The molecule has 0 bridgehead atoms. The second-order valence-corrected chi connectivity index (χ2v) is 7.26. The minimum Gasteiger partial charge on any atom is -0.296 e. The summed E-state index contributed by atoms with van der Waals surface area (Å²) < 4.78 is 3.50. The zero-order valence-electron chi connectivity index (χ0n) is 9.06. The highest BCUT2D eigenvalue weighted by Gasteiger charge is 2.15. The first-order valence-corrected chi connectivity index (χ1v) is 8.51. The molecule has 0 amide bonds. The van der Waals surface area contributed by atoms with Gasteiger partial charge in [-0.05, 0) is 18.0 Å². The Hall–Kier alpha value is -0.900. The molecule has 3 heterocycles. The predicted octanol–water partition coefficient (Wildman–Crippen LogP) is 2.93. The maximum absolute atomic E-state index is 11.1. The Morgan fingerprint density at radius 1 is 1.39 bits per heavy atom. The van der Waals surface area contributed by atoms with Gasteiger partial charge in [-0.25, -0.2) is 4.98 Å². The van der Waals surface area contributed by atoms with Gasteiger partial charge in [0, 0.05) is 11.6 Å². The molecule has 0 aliphatic heterocycles. The highest BCUT2D eigenvalue weighted by molar-refractivity contribution is 8.03. The highest BCUT2D eigenvalue weighted by atomic mass is 32.2. The van der Waals surface area contributed by atoms with E-state index in [0.717, 1.165) is 19.9 Å². The third-order valence-electron chi connectivity index (χ3n) is 2.12. The number of hydrogen-bond donors (Lipinski definition) is 0. The highest BCUT2D eigenvalue weighted by Crippen LogP contribution is 2.34. The topological polar surface area (TPSA) is 60.1 Å². The zero-order chi connectivity index (χ0) is 12.5. The summed E-state index contributed by atoms with van der Waals surface area (Å²) in [5.74, 6) is 0. The normalized spacial score (nSPS) is 11.2. The van der Waals surface area contributed by atoms with Crippen molar-refractivity contribution in [2.24, 2.45) is 0 Å². The third kappa shape index (κ3) is 2.07. The molecule has 5 nitrogen and oxygen atoms in total. The van der Waals surface area contributed by atoms with Crippen LogP contribution in [0.5, 0.6) is 0 Å². The molecular formula is C9H6N4OS4. The number of rotatable bonds is 4. The van der Waals surface area contributed by atoms with E-state index in [1.807, 2.05) is 17.8 Å². The van der Waals surface area contributed by atoms with E-state index in [4.69, 9.17) is 0 Å². The fourth-order valence-corrected chi connectivity index (χ4v) is 4.58. The fraction of sp³-hybridized carbons (Fsp3) is 0.111. The molecule has 0 fully saturated rings. The van der Waals surface area contributed by atoms with Gasteiger partial charge in [0.15, 0.2) is 19.9 Å². The van der Waals surface area contributed by atoms with Gasteiger partial charge in [-0.2, -0.15) is 0 Å². The van der Waals surface area contributed by atoms with E-state index in [0.29, 0.717) is 10.7 Å². The molecule has 0 aliphatic rings. The lowest BCUT2D eigenvalue weighted by Crippen LogP contribution is -1.88. The van der Waals surface area contributed by atoms with Crippen LogP contribution in [-0.4, -0.2) is 32.1 Å². The molecule has 0 radical (unpaired) electrons. The van der Waals surface area contributed by atoms with E-state index in [1.165, 1.54) is 34.4 Å². The largest absolute Gasteiger partial charge is 0.296 e. The van der Waals surface area contributed by atoms with Crippen molar-refractivity contribution >= 4 is 57.4 Å². The van der Waals surface area contributed by atoms with Gasteiger partial charge in [-0.3, -0.25) is 9.20 Å². The molecule has 0 aromatic carbocycles. The molecule has 92 valence electrons. The van der Waals surface area contributed by atoms with Crippen LogP contribution in [0.2, 0.25) is 0 Å². The summed E-state index contributed by atoms with van der Waals surface area (Å²) in [6.07, 6.45) is 4.62. The number of thiazole rings is 1. The molecule has 18 heavy (non-hydrogen) atoms. The summed E-state index contributed by atoms with van der Waals surface area (Å²) in [7, 11) is 0. The number of imidazole rings is 1. The van der Waals surface area contributed by atoms with Crippen LogP contribution in [0.3, 0.4) is 0 Å². The van der Waals surface area contributed by atoms with Crippen LogP contribution in [0.25, 0.3) is 4.96 Å². The molecule has 3 aromatic heterocycles. The summed E-state index contributed by atoms with van der Waals surface area (Å²) in [6.45, 7) is 0. The smallest absolute Gasteiger partial charge is 0.195 e. The lowest BCUT2D eigenvalue weighted by atomic mass is 10.5. The Morgan fingerprint density at radius 2 is 2.22 bits per heavy atom. The summed E-state index contributed by atoms with van der Waals surface area (Å²) in [4.78, 5) is 16.4. The van der Waals surface area contributed by atoms with Gasteiger partial charge in [-0.15, -0.1) is 21.5 Å². The lowest BCUT2D eigenvalue weighted by Gasteiger charge is -1.92. The average Bonchev–Trinajstić information content (AvgIpc) is 3.04. The molecule has 0 unspecified atom stereocenters. The molecule has 3 rings (SSSR count). The van der Waals surface area contributed by atoms with Crippen LogP contribution in [0.1, 0.15) is 10.5 Å². The molecule has 0 atom stereocenters. The van der Waals surface area contributed by atoms with E-state index in [2.05, 4.69) is 15.2 Å². The van der Waals surface area contributed by atoms with Gasteiger partial charge in [-0.1, -0.05) is 23.1 Å².